The van der Waals surface area contributed by atoms with Gasteiger partial charge in [0.15, 0.2) is 0 Å². The fourth-order valence-electron chi connectivity index (χ4n) is 1.39. The van der Waals surface area contributed by atoms with Gasteiger partial charge in [-0.1, -0.05) is 0 Å². The average molecular weight is 213 g/mol. The lowest BCUT2D eigenvalue weighted by Gasteiger charge is -2.05. The first kappa shape index (κ1) is 10.1. The van der Waals surface area contributed by atoms with Crippen molar-refractivity contribution in [2.45, 2.75) is 6.54 Å². The summed E-state index contributed by atoms with van der Waals surface area (Å²) in [6.07, 6.45) is 1.32. The van der Waals surface area contributed by atoms with Crippen LogP contribution in [0.15, 0.2) is 22.8 Å². The summed E-state index contributed by atoms with van der Waals surface area (Å²) in [6, 6.07) is 2.62. The monoisotopic (exact) mass is 213 g/mol. The summed E-state index contributed by atoms with van der Waals surface area (Å²) in [5, 5.41) is 0.268. The second kappa shape index (κ2) is 3.96. The Kier molecular flexibility index (Phi) is 2.66. The quantitative estimate of drug-likeness (QED) is 0.795. The third kappa shape index (κ3) is 1.71. The summed E-state index contributed by atoms with van der Waals surface area (Å²) in [7, 11) is 1.38. The number of nitrogens with one attached hydrogen (secondary N) is 1. The van der Waals surface area contributed by atoms with Crippen LogP contribution in [0.2, 0.25) is 0 Å². The van der Waals surface area contributed by atoms with Crippen molar-refractivity contribution < 1.29 is 18.0 Å². The molecule has 0 aliphatic carbocycles. The molecule has 0 aliphatic heterocycles. The van der Waals surface area contributed by atoms with Gasteiger partial charge < -0.3 is 9.25 Å². The van der Waals surface area contributed by atoms with E-state index in [-0.39, 0.29) is 23.1 Å². The van der Waals surface area contributed by atoms with E-state index in [1.807, 2.05) is 0 Å². The van der Waals surface area contributed by atoms with Crippen molar-refractivity contribution in [3.05, 3.63) is 35.6 Å². The highest BCUT2D eigenvalue weighted by molar-refractivity contribution is 5.78. The van der Waals surface area contributed by atoms with Crippen LogP contribution < -0.4 is 5.48 Å². The second-order valence-electron chi connectivity index (χ2n) is 3.01. The molecule has 0 saturated carbocycles. The maximum Gasteiger partial charge on any atom is 0.141 e. The standard InChI is InChI=1S/C10H9F2NO2/c1-14-13-5-7-8(11)4-9-6(10(7)12)2-3-15-9/h2-4,13H,5H2,1H3. The number of fused-ring (bicyclic) bond motifs is 1. The highest BCUT2D eigenvalue weighted by atomic mass is 19.1. The van der Waals surface area contributed by atoms with E-state index in [1.54, 1.807) is 0 Å². The maximum atomic E-state index is 13.7. The van der Waals surface area contributed by atoms with Crippen LogP contribution in [0, 0.1) is 11.6 Å². The highest BCUT2D eigenvalue weighted by Crippen LogP contribution is 2.24. The number of rotatable bonds is 3. The molecular weight excluding hydrogens is 204 g/mol. The molecule has 0 fully saturated rings. The number of furan rings is 1. The molecule has 5 heteroatoms. The smallest absolute Gasteiger partial charge is 0.141 e. The van der Waals surface area contributed by atoms with E-state index >= 15 is 0 Å². The molecule has 15 heavy (non-hydrogen) atoms. The molecular formula is C10H9F2NO2. The van der Waals surface area contributed by atoms with Crippen molar-refractivity contribution in [2.24, 2.45) is 0 Å². The van der Waals surface area contributed by atoms with Crippen molar-refractivity contribution in [2.75, 3.05) is 7.11 Å². The summed E-state index contributed by atoms with van der Waals surface area (Å²) in [4.78, 5) is 4.54. The van der Waals surface area contributed by atoms with Gasteiger partial charge in [0.2, 0.25) is 0 Å². The largest absolute Gasteiger partial charge is 0.464 e. The van der Waals surface area contributed by atoms with Gasteiger partial charge in [-0.15, -0.1) is 0 Å². The minimum atomic E-state index is -0.653. The van der Waals surface area contributed by atoms with E-state index in [4.69, 9.17) is 4.42 Å². The van der Waals surface area contributed by atoms with Crippen LogP contribution in [0.1, 0.15) is 5.56 Å². The van der Waals surface area contributed by atoms with Crippen LogP contribution in [0.25, 0.3) is 11.0 Å². The third-order valence-corrected chi connectivity index (χ3v) is 2.14. The predicted octanol–water partition coefficient (Wildman–Crippen LogP) is 2.36. The minimum absolute atomic E-state index is 0.0325. The Bertz CT molecular complexity index is 481. The molecule has 0 spiro atoms. The van der Waals surface area contributed by atoms with E-state index < -0.39 is 11.6 Å². The Morgan fingerprint density at radius 3 is 3.00 bits per heavy atom. The fraction of sp³-hybridized carbons (Fsp3) is 0.200. The van der Waals surface area contributed by atoms with Crippen LogP contribution in [-0.4, -0.2) is 7.11 Å². The number of hydrogen-bond donors (Lipinski definition) is 1. The van der Waals surface area contributed by atoms with Gasteiger partial charge in [-0.3, -0.25) is 0 Å². The summed E-state index contributed by atoms with van der Waals surface area (Å²) >= 11 is 0. The van der Waals surface area contributed by atoms with Crippen molar-refractivity contribution in [3.63, 3.8) is 0 Å². The molecule has 3 nitrogen and oxygen atoms in total. The molecule has 0 unspecified atom stereocenters. The van der Waals surface area contributed by atoms with Crippen molar-refractivity contribution >= 4 is 11.0 Å². The summed E-state index contributed by atoms with van der Waals surface area (Å²) in [5.41, 5.74) is 2.53. The molecule has 2 aromatic rings. The van der Waals surface area contributed by atoms with Crippen LogP contribution >= 0.6 is 0 Å². The van der Waals surface area contributed by atoms with E-state index in [2.05, 4.69) is 10.3 Å². The number of hydroxylamine groups is 1. The number of hydrogen-bond acceptors (Lipinski definition) is 3. The Morgan fingerprint density at radius 2 is 2.27 bits per heavy atom. The summed E-state index contributed by atoms with van der Waals surface area (Å²) < 4.78 is 32.0. The van der Waals surface area contributed by atoms with Gasteiger partial charge in [0, 0.05) is 11.6 Å². The van der Waals surface area contributed by atoms with E-state index in [0.29, 0.717) is 0 Å². The molecule has 0 bridgehead atoms. The van der Waals surface area contributed by atoms with Crippen LogP contribution in [0.3, 0.4) is 0 Å². The lowest BCUT2D eigenvalue weighted by molar-refractivity contribution is 0.0851. The zero-order valence-electron chi connectivity index (χ0n) is 8.01. The second-order valence-corrected chi connectivity index (χ2v) is 3.01. The van der Waals surface area contributed by atoms with Crippen molar-refractivity contribution in [3.8, 4) is 0 Å². The van der Waals surface area contributed by atoms with Crippen molar-refractivity contribution in [1.82, 2.24) is 5.48 Å². The molecule has 1 aromatic heterocycles. The van der Waals surface area contributed by atoms with Gasteiger partial charge in [0.05, 0.1) is 25.3 Å². The van der Waals surface area contributed by atoms with Crippen LogP contribution in [-0.2, 0) is 11.4 Å². The molecule has 80 valence electrons. The first-order chi connectivity index (χ1) is 7.24. The first-order valence-electron chi connectivity index (χ1n) is 4.34. The molecule has 0 radical (unpaired) electrons. The Balaban J connectivity index is 2.52. The SMILES string of the molecule is CONCc1c(F)cc2occc2c1F. The molecule has 1 heterocycles. The first-order valence-corrected chi connectivity index (χ1v) is 4.34. The maximum absolute atomic E-state index is 13.7. The topological polar surface area (TPSA) is 34.4 Å². The molecule has 0 saturated heterocycles. The average Bonchev–Trinajstić information content (AvgIpc) is 2.65. The van der Waals surface area contributed by atoms with Gasteiger partial charge in [-0.25, -0.2) is 8.78 Å². The van der Waals surface area contributed by atoms with E-state index in [0.717, 1.165) is 6.07 Å². The van der Waals surface area contributed by atoms with Gasteiger partial charge in [0.25, 0.3) is 0 Å². The zero-order chi connectivity index (χ0) is 10.8. The zero-order valence-corrected chi connectivity index (χ0v) is 8.01. The molecule has 1 aromatic carbocycles. The minimum Gasteiger partial charge on any atom is -0.464 e. The van der Waals surface area contributed by atoms with Gasteiger partial charge >= 0.3 is 0 Å². The molecule has 0 atom stereocenters. The lowest BCUT2D eigenvalue weighted by atomic mass is 10.1. The normalized spacial score (nSPS) is 11.1. The number of benzene rings is 1. The van der Waals surface area contributed by atoms with Crippen molar-refractivity contribution in [1.29, 1.82) is 0 Å². The summed E-state index contributed by atoms with van der Waals surface area (Å²) in [6.45, 7) is -0.0325. The predicted molar refractivity (Wildman–Crippen MR) is 50.0 cm³/mol. The molecule has 2 rings (SSSR count). The molecule has 0 aliphatic rings. The van der Waals surface area contributed by atoms with E-state index in [9.17, 15) is 8.78 Å². The lowest BCUT2D eigenvalue weighted by Crippen LogP contribution is -2.13. The highest BCUT2D eigenvalue weighted by Gasteiger charge is 2.14. The molecule has 0 amide bonds. The third-order valence-electron chi connectivity index (χ3n) is 2.14. The van der Waals surface area contributed by atoms with Crippen LogP contribution in [0.4, 0.5) is 8.78 Å². The fourth-order valence-corrected chi connectivity index (χ4v) is 1.39. The van der Waals surface area contributed by atoms with E-state index in [1.165, 1.54) is 19.4 Å². The van der Waals surface area contributed by atoms with Gasteiger partial charge in [-0.05, 0) is 6.07 Å². The number of halogens is 2. The Labute approximate surface area is 84.6 Å². The molecule has 1 N–H and O–H groups in total. The Morgan fingerprint density at radius 1 is 1.47 bits per heavy atom. The van der Waals surface area contributed by atoms with Gasteiger partial charge in [0.1, 0.15) is 17.2 Å². The van der Waals surface area contributed by atoms with Gasteiger partial charge in [-0.2, -0.15) is 5.48 Å². The van der Waals surface area contributed by atoms with Crippen LogP contribution in [0.5, 0.6) is 0 Å². The summed E-state index contributed by atoms with van der Waals surface area (Å²) in [5.74, 6) is -1.28. The Hall–Kier alpha value is -1.46.